The van der Waals surface area contributed by atoms with Gasteiger partial charge >= 0.3 is 0 Å². The molecule has 1 aliphatic heterocycles. The van der Waals surface area contributed by atoms with Gasteiger partial charge < -0.3 is 15.4 Å². The lowest BCUT2D eigenvalue weighted by Crippen LogP contribution is -2.56. The highest BCUT2D eigenvalue weighted by Crippen LogP contribution is 2.36. The van der Waals surface area contributed by atoms with Crippen LogP contribution in [0.2, 0.25) is 0 Å². The van der Waals surface area contributed by atoms with E-state index in [0.29, 0.717) is 12.2 Å². The number of ether oxygens (including phenoxy) is 1. The van der Waals surface area contributed by atoms with Crippen molar-refractivity contribution in [2.75, 3.05) is 13.2 Å². The van der Waals surface area contributed by atoms with Crippen molar-refractivity contribution in [3.8, 4) is 0 Å². The average molecular weight is 366 g/mol. The van der Waals surface area contributed by atoms with E-state index in [0.717, 1.165) is 51.1 Å². The second kappa shape index (κ2) is 8.44. The van der Waals surface area contributed by atoms with Crippen molar-refractivity contribution in [1.82, 2.24) is 4.90 Å². The van der Waals surface area contributed by atoms with E-state index < -0.39 is 11.6 Å². The Hall–Kier alpha value is -1.53. The van der Waals surface area contributed by atoms with Crippen LogP contribution in [0.1, 0.15) is 56.9 Å². The summed E-state index contributed by atoms with van der Waals surface area (Å²) in [6.45, 7) is 2.76. The summed E-state index contributed by atoms with van der Waals surface area (Å²) in [4.78, 5) is 13.6. The molecular formula is C20H28F2N2O2. The fraction of sp³-hybridized carbons (Fsp3) is 0.650. The fourth-order valence-electron chi connectivity index (χ4n) is 4.30. The van der Waals surface area contributed by atoms with Gasteiger partial charge in [-0.2, -0.15) is 0 Å². The quantitative estimate of drug-likeness (QED) is 0.889. The number of nitrogens with zero attached hydrogens (tertiary/aromatic N) is 1. The van der Waals surface area contributed by atoms with E-state index in [1.165, 1.54) is 0 Å². The number of hydrogen-bond acceptors (Lipinski definition) is 3. The first kappa shape index (κ1) is 19.2. The molecule has 0 aromatic heterocycles. The van der Waals surface area contributed by atoms with Crippen LogP contribution in [0.5, 0.6) is 0 Å². The van der Waals surface area contributed by atoms with Crippen LogP contribution in [-0.4, -0.2) is 42.1 Å². The zero-order valence-electron chi connectivity index (χ0n) is 15.3. The highest BCUT2D eigenvalue weighted by molar-refractivity contribution is 5.73. The van der Waals surface area contributed by atoms with Crippen molar-refractivity contribution in [3.05, 3.63) is 35.4 Å². The molecule has 6 heteroatoms. The van der Waals surface area contributed by atoms with Crippen molar-refractivity contribution in [2.24, 2.45) is 5.73 Å². The Morgan fingerprint density at radius 3 is 2.65 bits per heavy atom. The molecule has 1 aromatic carbocycles. The number of hydrogen-bond donors (Lipinski definition) is 1. The van der Waals surface area contributed by atoms with Crippen LogP contribution in [0.15, 0.2) is 18.2 Å². The molecule has 0 spiro atoms. The number of likely N-dealkylation sites (tertiary alicyclic amines) is 1. The Morgan fingerprint density at radius 2 is 1.96 bits per heavy atom. The molecule has 0 radical (unpaired) electrons. The molecule has 2 fully saturated rings. The third kappa shape index (κ3) is 4.23. The number of benzene rings is 1. The van der Waals surface area contributed by atoms with Crippen molar-refractivity contribution in [1.29, 1.82) is 0 Å². The fourth-order valence-corrected chi connectivity index (χ4v) is 4.30. The van der Waals surface area contributed by atoms with Gasteiger partial charge in [-0.15, -0.1) is 0 Å². The Kier molecular flexibility index (Phi) is 6.24. The van der Waals surface area contributed by atoms with Crippen LogP contribution in [-0.2, 0) is 9.53 Å². The van der Waals surface area contributed by atoms with Gasteiger partial charge in [0.2, 0.25) is 5.91 Å². The number of nitrogens with two attached hydrogens (primary N) is 1. The maximum atomic E-state index is 14.0. The molecule has 1 saturated heterocycles. The molecular weight excluding hydrogens is 338 g/mol. The number of rotatable bonds is 4. The summed E-state index contributed by atoms with van der Waals surface area (Å²) in [5.41, 5.74) is 6.67. The number of piperidine rings is 1. The molecule has 3 rings (SSSR count). The summed E-state index contributed by atoms with van der Waals surface area (Å²) in [7, 11) is 0. The maximum absolute atomic E-state index is 14.0. The average Bonchev–Trinajstić information content (AvgIpc) is 2.63. The van der Waals surface area contributed by atoms with Crippen LogP contribution in [0, 0.1) is 11.6 Å². The molecule has 1 aliphatic carbocycles. The largest absolute Gasteiger partial charge is 0.376 e. The third-order valence-corrected chi connectivity index (χ3v) is 5.83. The summed E-state index contributed by atoms with van der Waals surface area (Å²) in [6, 6.07) is 4.28. The minimum Gasteiger partial charge on any atom is -0.376 e. The molecule has 144 valence electrons. The summed E-state index contributed by atoms with van der Waals surface area (Å²) in [6.07, 6.45) is 5.10. The Morgan fingerprint density at radius 1 is 1.23 bits per heavy atom. The van der Waals surface area contributed by atoms with E-state index >= 15 is 0 Å². The smallest absolute Gasteiger partial charge is 0.219 e. The van der Waals surface area contributed by atoms with Gasteiger partial charge in [-0.1, -0.05) is 12.1 Å². The van der Waals surface area contributed by atoms with E-state index in [1.807, 2.05) is 4.90 Å². The lowest BCUT2D eigenvalue weighted by atomic mass is 9.82. The maximum Gasteiger partial charge on any atom is 0.219 e. The zero-order chi connectivity index (χ0) is 18.7. The van der Waals surface area contributed by atoms with Crippen molar-refractivity contribution < 1.29 is 18.3 Å². The number of amides is 1. The highest BCUT2D eigenvalue weighted by atomic mass is 19.2. The SMILES string of the molecule is CC(=O)N1CCCC(N)C1CO[C@H]1CC[C@@H](c2cccc(F)c2F)CC1. The summed E-state index contributed by atoms with van der Waals surface area (Å²) in [5, 5.41) is 0. The molecule has 2 aliphatic rings. The molecule has 26 heavy (non-hydrogen) atoms. The van der Waals surface area contributed by atoms with E-state index in [4.69, 9.17) is 10.5 Å². The van der Waals surface area contributed by atoms with Gasteiger partial charge in [0.1, 0.15) is 0 Å². The number of halogens is 2. The van der Waals surface area contributed by atoms with Crippen molar-refractivity contribution in [2.45, 2.75) is 69.6 Å². The minimum absolute atomic E-state index is 0.0382. The first-order valence-electron chi connectivity index (χ1n) is 9.55. The van der Waals surface area contributed by atoms with Crippen LogP contribution >= 0.6 is 0 Å². The first-order chi connectivity index (χ1) is 12.5. The lowest BCUT2D eigenvalue weighted by Gasteiger charge is -2.40. The van der Waals surface area contributed by atoms with E-state index in [2.05, 4.69) is 0 Å². The topological polar surface area (TPSA) is 55.6 Å². The Labute approximate surface area is 153 Å². The van der Waals surface area contributed by atoms with Gasteiger partial charge in [0.05, 0.1) is 18.8 Å². The summed E-state index contributed by atoms with van der Waals surface area (Å²) < 4.78 is 33.5. The van der Waals surface area contributed by atoms with Crippen LogP contribution in [0.3, 0.4) is 0 Å². The predicted molar refractivity (Wildman–Crippen MR) is 95.7 cm³/mol. The van der Waals surface area contributed by atoms with Gasteiger partial charge in [-0.25, -0.2) is 8.78 Å². The number of carbonyl (C=O) groups excluding carboxylic acids is 1. The van der Waals surface area contributed by atoms with Gasteiger partial charge in [0, 0.05) is 19.5 Å². The van der Waals surface area contributed by atoms with Gasteiger partial charge in [-0.3, -0.25) is 4.79 Å². The molecule has 2 atom stereocenters. The van der Waals surface area contributed by atoms with E-state index in [-0.39, 0.29) is 30.0 Å². The van der Waals surface area contributed by atoms with Crippen molar-refractivity contribution in [3.63, 3.8) is 0 Å². The van der Waals surface area contributed by atoms with Gasteiger partial charge in [0.15, 0.2) is 11.6 Å². The monoisotopic (exact) mass is 366 g/mol. The molecule has 2 N–H and O–H groups in total. The molecule has 1 heterocycles. The van der Waals surface area contributed by atoms with E-state index in [1.54, 1.807) is 19.1 Å². The minimum atomic E-state index is -0.781. The second-order valence-corrected chi connectivity index (χ2v) is 7.54. The third-order valence-electron chi connectivity index (χ3n) is 5.83. The molecule has 1 saturated carbocycles. The standard InChI is InChI=1S/C20H28F2N2O2/c1-13(25)24-11-3-6-18(23)19(24)12-26-15-9-7-14(8-10-15)16-4-2-5-17(21)20(16)22/h2,4-5,14-15,18-19H,3,6-12,23H2,1H3/t14-,15+,18?,19?. The molecule has 1 aromatic rings. The normalized spacial score (nSPS) is 29.6. The zero-order valence-corrected chi connectivity index (χ0v) is 15.3. The lowest BCUT2D eigenvalue weighted by molar-refractivity contribution is -0.135. The molecule has 2 unspecified atom stereocenters. The number of carbonyl (C=O) groups is 1. The molecule has 1 amide bonds. The summed E-state index contributed by atoms with van der Waals surface area (Å²) >= 11 is 0. The van der Waals surface area contributed by atoms with Gasteiger partial charge in [0.25, 0.3) is 0 Å². The second-order valence-electron chi connectivity index (χ2n) is 7.54. The highest BCUT2D eigenvalue weighted by Gasteiger charge is 2.32. The van der Waals surface area contributed by atoms with Crippen LogP contribution < -0.4 is 5.73 Å². The predicted octanol–water partition coefficient (Wildman–Crippen LogP) is 3.35. The van der Waals surface area contributed by atoms with Gasteiger partial charge in [-0.05, 0) is 56.1 Å². The first-order valence-corrected chi connectivity index (χ1v) is 9.55. The Bertz CT molecular complexity index is 632. The summed E-state index contributed by atoms with van der Waals surface area (Å²) in [5.74, 6) is -1.42. The van der Waals surface area contributed by atoms with Crippen LogP contribution in [0.25, 0.3) is 0 Å². The van der Waals surface area contributed by atoms with Crippen LogP contribution in [0.4, 0.5) is 8.78 Å². The van der Waals surface area contributed by atoms with Crippen molar-refractivity contribution >= 4 is 5.91 Å². The Balaban J connectivity index is 1.52. The molecule has 0 bridgehead atoms. The molecule has 4 nitrogen and oxygen atoms in total. The van der Waals surface area contributed by atoms with E-state index in [9.17, 15) is 13.6 Å².